The van der Waals surface area contributed by atoms with E-state index in [-0.39, 0.29) is 5.78 Å². The summed E-state index contributed by atoms with van der Waals surface area (Å²) in [7, 11) is 4.00. The zero-order valence-electron chi connectivity index (χ0n) is 12.0. The van der Waals surface area contributed by atoms with Crippen molar-refractivity contribution in [3.05, 3.63) is 50.7 Å². The third kappa shape index (κ3) is 4.25. The van der Waals surface area contributed by atoms with Crippen molar-refractivity contribution >= 4 is 37.6 Å². The molecule has 0 aliphatic heterocycles. The van der Waals surface area contributed by atoms with Crippen LogP contribution < -0.4 is 0 Å². The van der Waals surface area contributed by atoms with E-state index >= 15 is 0 Å². The van der Waals surface area contributed by atoms with Gasteiger partial charge in [0.2, 0.25) is 0 Å². The van der Waals surface area contributed by atoms with E-state index in [1.807, 2.05) is 38.4 Å². The number of nitrogens with zero attached hydrogens (tertiary/aromatic N) is 3. The minimum absolute atomic E-state index is 0.0602. The predicted octanol–water partition coefficient (Wildman–Crippen LogP) is 3.40. The van der Waals surface area contributed by atoms with Crippen molar-refractivity contribution < 1.29 is 4.79 Å². The predicted molar refractivity (Wildman–Crippen MR) is 90.7 cm³/mol. The fourth-order valence-corrected chi connectivity index (χ4v) is 2.94. The van der Waals surface area contributed by atoms with E-state index in [0.717, 1.165) is 21.1 Å². The van der Waals surface area contributed by atoms with E-state index in [2.05, 4.69) is 41.9 Å². The lowest BCUT2D eigenvalue weighted by Gasteiger charge is -2.12. The van der Waals surface area contributed by atoms with Crippen LogP contribution in [0.1, 0.15) is 16.1 Å². The van der Waals surface area contributed by atoms with Gasteiger partial charge in [0.1, 0.15) is 5.69 Å². The molecular weight excluding hydrogens is 398 g/mol. The second kappa shape index (κ2) is 7.33. The molecule has 0 aliphatic carbocycles. The van der Waals surface area contributed by atoms with Gasteiger partial charge in [-0.1, -0.05) is 34.1 Å². The first-order chi connectivity index (χ1) is 9.99. The Labute approximate surface area is 141 Å². The first-order valence-electron chi connectivity index (χ1n) is 6.61. The average Bonchev–Trinajstić information content (AvgIpc) is 2.80. The molecule has 0 spiro atoms. The highest BCUT2D eigenvalue weighted by molar-refractivity contribution is 9.10. The number of hydrogen-bond donors (Lipinski definition) is 0. The van der Waals surface area contributed by atoms with Crippen molar-refractivity contribution in [1.29, 1.82) is 0 Å². The van der Waals surface area contributed by atoms with E-state index in [9.17, 15) is 4.79 Å². The number of aromatic nitrogens is 2. The van der Waals surface area contributed by atoms with Gasteiger partial charge in [-0.2, -0.15) is 5.10 Å². The highest BCUT2D eigenvalue weighted by atomic mass is 79.9. The Morgan fingerprint density at radius 2 is 1.95 bits per heavy atom. The summed E-state index contributed by atoms with van der Waals surface area (Å²) in [5, 5.41) is 4.28. The molecule has 0 amide bonds. The number of Topliss-reactive ketones (excluding diaryl/α,β-unsaturated/α-hetero) is 1. The molecule has 0 aliphatic rings. The molecule has 1 aromatic carbocycles. The first kappa shape index (κ1) is 16.4. The number of hydrogen-bond acceptors (Lipinski definition) is 3. The number of halogens is 2. The maximum absolute atomic E-state index is 12.6. The second-order valence-corrected chi connectivity index (χ2v) is 6.77. The molecule has 0 radical (unpaired) electrons. The molecule has 0 unspecified atom stereocenters. The molecule has 1 aromatic heterocycles. The zero-order valence-corrected chi connectivity index (χ0v) is 15.2. The average molecular weight is 415 g/mol. The summed E-state index contributed by atoms with van der Waals surface area (Å²) < 4.78 is 3.47. The molecule has 4 nitrogen and oxygen atoms in total. The van der Waals surface area contributed by atoms with E-state index in [1.165, 1.54) is 0 Å². The van der Waals surface area contributed by atoms with Crippen LogP contribution in [-0.2, 0) is 13.0 Å². The van der Waals surface area contributed by atoms with Gasteiger partial charge in [-0.05, 0) is 41.7 Å². The molecule has 0 bridgehead atoms. The molecular formula is C15H17Br2N3O. The zero-order chi connectivity index (χ0) is 15.4. The summed E-state index contributed by atoms with van der Waals surface area (Å²) >= 11 is 6.91. The molecule has 2 aromatic rings. The topological polar surface area (TPSA) is 38.1 Å². The van der Waals surface area contributed by atoms with Crippen LogP contribution >= 0.6 is 31.9 Å². The lowest BCUT2D eigenvalue weighted by atomic mass is 10.1. The van der Waals surface area contributed by atoms with Crippen LogP contribution in [0.15, 0.2) is 39.4 Å². The molecule has 0 N–H and O–H groups in total. The number of carbonyl (C=O) groups excluding carboxylic acids is 1. The number of likely N-dealkylation sites (N-methyl/N-ethyl adjacent to an activating group) is 1. The van der Waals surface area contributed by atoms with Crippen molar-refractivity contribution in [2.75, 3.05) is 20.6 Å². The fraction of sp³-hybridized carbons (Fsp3) is 0.333. The summed E-state index contributed by atoms with van der Waals surface area (Å²) in [5.74, 6) is 0.0602. The SMILES string of the molecule is CN(C)CCn1ncc(Br)c1C(=O)Cc1ccccc1Br. The van der Waals surface area contributed by atoms with Crippen molar-refractivity contribution in [2.45, 2.75) is 13.0 Å². The largest absolute Gasteiger partial charge is 0.308 e. The van der Waals surface area contributed by atoms with Gasteiger partial charge in [-0.3, -0.25) is 9.48 Å². The highest BCUT2D eigenvalue weighted by Gasteiger charge is 2.18. The third-order valence-corrected chi connectivity index (χ3v) is 4.48. The molecule has 0 saturated heterocycles. The molecule has 0 saturated carbocycles. The van der Waals surface area contributed by atoms with Gasteiger partial charge in [0.05, 0.1) is 17.2 Å². The fourth-order valence-electron chi connectivity index (χ4n) is 2.00. The molecule has 6 heteroatoms. The van der Waals surface area contributed by atoms with E-state index in [1.54, 1.807) is 10.9 Å². The Balaban J connectivity index is 2.19. The summed E-state index contributed by atoms with van der Waals surface area (Å²) in [6, 6.07) is 7.78. The summed E-state index contributed by atoms with van der Waals surface area (Å²) in [6.45, 7) is 1.53. The minimum Gasteiger partial charge on any atom is -0.308 e. The van der Waals surface area contributed by atoms with E-state index < -0.39 is 0 Å². The highest BCUT2D eigenvalue weighted by Crippen LogP contribution is 2.22. The van der Waals surface area contributed by atoms with Gasteiger partial charge in [0.25, 0.3) is 0 Å². The van der Waals surface area contributed by atoms with Crippen LogP contribution in [0, 0.1) is 0 Å². The van der Waals surface area contributed by atoms with Crippen molar-refractivity contribution in [1.82, 2.24) is 14.7 Å². The maximum atomic E-state index is 12.6. The van der Waals surface area contributed by atoms with Crippen LogP contribution in [0.3, 0.4) is 0 Å². The molecule has 0 fully saturated rings. The lowest BCUT2D eigenvalue weighted by molar-refractivity contribution is 0.0981. The number of carbonyl (C=O) groups is 1. The van der Waals surface area contributed by atoms with Gasteiger partial charge in [-0.25, -0.2) is 0 Å². The van der Waals surface area contributed by atoms with Gasteiger partial charge < -0.3 is 4.90 Å². The first-order valence-corrected chi connectivity index (χ1v) is 8.20. The van der Waals surface area contributed by atoms with Crippen LogP contribution in [-0.4, -0.2) is 41.1 Å². The van der Waals surface area contributed by atoms with Crippen LogP contribution in [0.25, 0.3) is 0 Å². The van der Waals surface area contributed by atoms with Gasteiger partial charge in [-0.15, -0.1) is 0 Å². The Bertz CT molecular complexity index is 638. The van der Waals surface area contributed by atoms with E-state index in [0.29, 0.717) is 18.7 Å². The van der Waals surface area contributed by atoms with Crippen LogP contribution in [0.2, 0.25) is 0 Å². The lowest BCUT2D eigenvalue weighted by Crippen LogP contribution is -2.22. The quantitative estimate of drug-likeness (QED) is 0.680. The second-order valence-electron chi connectivity index (χ2n) is 5.06. The van der Waals surface area contributed by atoms with Crippen LogP contribution in [0.4, 0.5) is 0 Å². The Hall–Kier alpha value is -0.980. The smallest absolute Gasteiger partial charge is 0.186 e. The van der Waals surface area contributed by atoms with Gasteiger partial charge >= 0.3 is 0 Å². The van der Waals surface area contributed by atoms with Crippen molar-refractivity contribution in [3.8, 4) is 0 Å². The molecule has 112 valence electrons. The molecule has 1 heterocycles. The Morgan fingerprint density at radius 3 is 2.62 bits per heavy atom. The van der Waals surface area contributed by atoms with Gasteiger partial charge in [0, 0.05) is 17.4 Å². The van der Waals surface area contributed by atoms with E-state index in [4.69, 9.17) is 0 Å². The number of rotatable bonds is 6. The molecule has 0 atom stereocenters. The number of benzene rings is 1. The molecule has 21 heavy (non-hydrogen) atoms. The summed E-state index contributed by atoms with van der Waals surface area (Å²) in [6.07, 6.45) is 2.04. The normalized spacial score (nSPS) is 11.1. The standard InChI is InChI=1S/C15H17Br2N3O/c1-19(2)7-8-20-15(13(17)10-18-20)14(21)9-11-5-3-4-6-12(11)16/h3-6,10H,7-9H2,1-2H3. The van der Waals surface area contributed by atoms with Crippen LogP contribution in [0.5, 0.6) is 0 Å². The Kier molecular flexibility index (Phi) is 5.72. The van der Waals surface area contributed by atoms with Crippen molar-refractivity contribution in [2.24, 2.45) is 0 Å². The van der Waals surface area contributed by atoms with Gasteiger partial charge in [0.15, 0.2) is 5.78 Å². The molecule has 2 rings (SSSR count). The maximum Gasteiger partial charge on any atom is 0.186 e. The third-order valence-electron chi connectivity index (χ3n) is 3.13. The summed E-state index contributed by atoms with van der Waals surface area (Å²) in [4.78, 5) is 14.7. The Morgan fingerprint density at radius 1 is 1.24 bits per heavy atom. The monoisotopic (exact) mass is 413 g/mol. The minimum atomic E-state index is 0.0602. The summed E-state index contributed by atoms with van der Waals surface area (Å²) in [5.41, 5.74) is 1.61. The number of ketones is 1. The van der Waals surface area contributed by atoms with Crippen molar-refractivity contribution in [3.63, 3.8) is 0 Å².